The van der Waals surface area contributed by atoms with Crippen molar-refractivity contribution in [1.82, 2.24) is 55.6 Å². The van der Waals surface area contributed by atoms with Gasteiger partial charge >= 0.3 is 0 Å². The minimum Gasteiger partial charge on any atom is -0.390 e. The quantitative estimate of drug-likeness (QED) is 0.0916. The molecule has 13 atom stereocenters. The monoisotopic (exact) mass is 1270 g/mol. The fraction of sp³-hybridized carbons (Fsp3) is 0.785. The van der Waals surface area contributed by atoms with E-state index in [1.54, 1.807) is 67.5 Å². The number of aliphatic hydroxyl groups is 1. The van der Waals surface area contributed by atoms with E-state index in [0.29, 0.717) is 19.3 Å². The summed E-state index contributed by atoms with van der Waals surface area (Å²) in [7, 11) is 9.73. The molecule has 0 radical (unpaired) electrons. The number of carbonyl (C=O) groups is 11. The van der Waals surface area contributed by atoms with E-state index in [9.17, 15) is 48.3 Å². The zero-order valence-electron chi connectivity index (χ0n) is 58.5. The number of nitrogens with zero attached hydrogens (tertiary/aromatic N) is 8. The second-order valence-corrected chi connectivity index (χ2v) is 26.6. The van der Waals surface area contributed by atoms with Crippen LogP contribution in [0.4, 0.5) is 0 Å². The average Bonchev–Trinajstić information content (AvgIpc) is 0.863. The fourth-order valence-corrected chi connectivity index (χ4v) is 11.1. The minimum absolute atomic E-state index is 0.0155. The number of ether oxygens (including phenoxy) is 1. The highest BCUT2D eigenvalue weighted by molar-refractivity contribution is 5.99. The van der Waals surface area contributed by atoms with Crippen LogP contribution in [-0.2, 0) is 57.5 Å². The summed E-state index contributed by atoms with van der Waals surface area (Å²) < 4.78 is 6.11. The first-order valence-electron chi connectivity index (χ1n) is 32.1. The summed E-state index contributed by atoms with van der Waals surface area (Å²) >= 11 is 0. The van der Waals surface area contributed by atoms with Crippen molar-refractivity contribution >= 4 is 65.0 Å². The summed E-state index contributed by atoms with van der Waals surface area (Å²) in [5, 5.41) is 32.2. The maximum Gasteiger partial charge on any atom is 0.246 e. The lowest BCUT2D eigenvalue weighted by molar-refractivity contribution is -0.157. The molecule has 0 aromatic carbocycles. The Balaban J connectivity index is 4.39. The van der Waals surface area contributed by atoms with Gasteiger partial charge in [-0.15, -0.1) is 0 Å². The Labute approximate surface area is 537 Å². The molecule has 0 saturated carbocycles. The van der Waals surface area contributed by atoms with Crippen molar-refractivity contribution in [3.63, 3.8) is 0 Å². The molecule has 0 aromatic heterocycles. The lowest BCUT2D eigenvalue weighted by Crippen LogP contribution is -2.63. The van der Waals surface area contributed by atoms with Crippen LogP contribution in [0.25, 0.3) is 0 Å². The third-order valence-electron chi connectivity index (χ3n) is 16.8. The smallest absolute Gasteiger partial charge is 0.246 e. The highest BCUT2D eigenvalue weighted by atomic mass is 16.5. The maximum atomic E-state index is 15.2. The Morgan fingerprint density at radius 1 is 0.544 bits per heavy atom. The molecular formula is C65H114N12O13. The fourth-order valence-electron chi connectivity index (χ4n) is 11.1. The van der Waals surface area contributed by atoms with Crippen molar-refractivity contribution in [1.29, 1.82) is 5.26 Å². The van der Waals surface area contributed by atoms with E-state index in [1.165, 1.54) is 82.8 Å². The van der Waals surface area contributed by atoms with Crippen LogP contribution < -0.4 is 21.3 Å². The second-order valence-electron chi connectivity index (χ2n) is 26.6. The predicted molar refractivity (Wildman–Crippen MR) is 344 cm³/mol. The number of hydrogen-bond acceptors (Lipinski definition) is 14. The number of aliphatic hydroxyl groups excluding tert-OH is 1. The highest BCUT2D eigenvalue weighted by Gasteiger charge is 2.46. The van der Waals surface area contributed by atoms with Crippen molar-refractivity contribution in [2.24, 2.45) is 35.5 Å². The third kappa shape index (κ3) is 23.2. The van der Waals surface area contributed by atoms with Crippen LogP contribution in [0.15, 0.2) is 12.2 Å². The molecule has 1 aliphatic heterocycles. The number of likely N-dealkylation sites (N-methyl/N-ethyl adjacent to an activating group) is 7. The highest BCUT2D eigenvalue weighted by Crippen LogP contribution is 2.26. The first kappa shape index (κ1) is 81.3. The SMILES string of the molecule is C/C=C/C[C@@H](C)[C@@H](O)[C@H]1C(=O)N[C@@H](CC)C(=O)N(C)CC(=O)N(C)[C@@H]([C@@H](C)OCCCCC#N)C(=O)N[C@@H](C(C)C)C(=O)N(C)[C@@H](CC(C)C)C(=O)N[C@@H](C)C(=O)N[C@H](C)C(=O)N(C)[C@@H](CC(C)C)C(=O)N(C)[C@@H](CC(C)C)C(=O)N(C)[C@@H](C(C)C)C(=O)N1C. The molecule has 25 nitrogen and oxygen atoms in total. The normalized spacial score (nSPS) is 26.3. The second kappa shape index (κ2) is 38.2. The first-order valence-corrected chi connectivity index (χ1v) is 32.1. The molecular weight excluding hydrogens is 1160 g/mol. The van der Waals surface area contributed by atoms with Gasteiger partial charge in [-0.25, -0.2) is 0 Å². The summed E-state index contributed by atoms with van der Waals surface area (Å²) in [5.41, 5.74) is 0. The van der Waals surface area contributed by atoms with Gasteiger partial charge in [0.05, 0.1) is 24.8 Å². The molecule has 1 aliphatic rings. The van der Waals surface area contributed by atoms with Gasteiger partial charge in [0, 0.05) is 62.4 Å². The molecule has 25 heteroatoms. The zero-order valence-corrected chi connectivity index (χ0v) is 58.5. The molecule has 1 saturated heterocycles. The van der Waals surface area contributed by atoms with Gasteiger partial charge in [0.15, 0.2) is 0 Å². The first-order chi connectivity index (χ1) is 41.8. The summed E-state index contributed by atoms with van der Waals surface area (Å²) in [6, 6.07) is -10.9. The number of amides is 11. The van der Waals surface area contributed by atoms with Crippen LogP contribution in [-0.4, -0.2) is 239 Å². The summed E-state index contributed by atoms with van der Waals surface area (Å²) in [6.07, 6.45) is 2.89. The van der Waals surface area contributed by atoms with Crippen molar-refractivity contribution in [3.8, 4) is 6.07 Å². The van der Waals surface area contributed by atoms with Crippen molar-refractivity contribution in [3.05, 3.63) is 12.2 Å². The van der Waals surface area contributed by atoms with Crippen molar-refractivity contribution in [2.45, 2.75) is 235 Å². The number of hydrogen-bond donors (Lipinski definition) is 5. The van der Waals surface area contributed by atoms with E-state index < -0.39 is 162 Å². The number of unbranched alkanes of at least 4 members (excludes halogenated alkanes) is 2. The van der Waals surface area contributed by atoms with E-state index in [2.05, 4.69) is 27.3 Å². The molecule has 0 aliphatic carbocycles. The van der Waals surface area contributed by atoms with Gasteiger partial charge < -0.3 is 65.4 Å². The summed E-state index contributed by atoms with van der Waals surface area (Å²) in [5.74, 6) is -10.3. The van der Waals surface area contributed by atoms with Crippen molar-refractivity contribution < 1.29 is 62.6 Å². The molecule has 0 aromatic rings. The number of nitrogens with one attached hydrogen (secondary N) is 4. The molecule has 512 valence electrons. The maximum absolute atomic E-state index is 15.2. The Hall–Kier alpha value is -6.68. The van der Waals surface area contributed by atoms with Gasteiger partial charge in [0.2, 0.25) is 65.0 Å². The van der Waals surface area contributed by atoms with Gasteiger partial charge in [0.1, 0.15) is 60.4 Å². The van der Waals surface area contributed by atoms with Crippen LogP contribution >= 0.6 is 0 Å². The number of rotatable bonds is 19. The van der Waals surface area contributed by atoms with Gasteiger partial charge in [0.25, 0.3) is 0 Å². The zero-order chi connectivity index (χ0) is 69.5. The minimum atomic E-state index is -1.64. The third-order valence-corrected chi connectivity index (χ3v) is 16.8. The number of allylic oxidation sites excluding steroid dienone is 2. The van der Waals surface area contributed by atoms with Gasteiger partial charge in [-0.1, -0.05) is 95.2 Å². The molecule has 1 heterocycles. The Bertz CT molecular complexity index is 2500. The topological polar surface area (TPSA) is 312 Å². The van der Waals surface area contributed by atoms with Gasteiger partial charge in [-0.2, -0.15) is 5.26 Å². The van der Waals surface area contributed by atoms with Gasteiger partial charge in [-0.3, -0.25) is 52.7 Å². The van der Waals surface area contributed by atoms with E-state index >= 15 is 9.59 Å². The average molecular weight is 1270 g/mol. The Morgan fingerprint density at radius 3 is 1.51 bits per heavy atom. The van der Waals surface area contributed by atoms with Crippen molar-refractivity contribution in [2.75, 3.05) is 62.5 Å². The molecule has 0 bridgehead atoms. The molecule has 5 N–H and O–H groups in total. The Kier molecular flexibility index (Phi) is 34.6. The van der Waals surface area contributed by atoms with Crippen LogP contribution in [0.5, 0.6) is 0 Å². The standard InChI is InChI=1S/C65H114N12O13/c1-24-26-30-42(13)55(79)54-59(83)69-46(25-2)61(85)71(17)36-50(78)75(21)53(45(16)90-32-29-27-28-31-66)58(82)70-51(40(9)10)64(88)72(18)47(33-37(3)4)57(81)67-43(14)56(80)68-44(15)60(84)73(19)48(34-38(5)6)62(86)74(20)49(35-39(7)8)63(87)76(22)52(41(11)12)65(89)77(54)23/h24,26,37-49,51-55,79H,25,27-30,32-36H2,1-23H3,(H,67,81)(H,68,80)(H,69,83)(H,70,82)/b26-24+/t42-,43+,44-,45-,46+,47+,48+,49+,51+,52+,53+,54+,55-/m1/s1. The lowest BCUT2D eigenvalue weighted by Gasteiger charge is -2.41. The summed E-state index contributed by atoms with van der Waals surface area (Å²) in [4.78, 5) is 170. The molecule has 11 amide bonds. The van der Waals surface area contributed by atoms with E-state index in [4.69, 9.17) is 10.00 Å². The van der Waals surface area contributed by atoms with Gasteiger partial charge in [-0.05, 0) is 108 Å². The number of nitriles is 1. The molecule has 90 heavy (non-hydrogen) atoms. The molecule has 1 fully saturated rings. The summed E-state index contributed by atoms with van der Waals surface area (Å²) in [6.45, 7) is 27.0. The van der Waals surface area contributed by atoms with Crippen LogP contribution in [0.2, 0.25) is 0 Å². The lowest BCUT2D eigenvalue weighted by atomic mass is 9.91. The van der Waals surface area contributed by atoms with Crippen LogP contribution in [0, 0.1) is 46.8 Å². The largest absolute Gasteiger partial charge is 0.390 e. The molecule has 1 rings (SSSR count). The van der Waals surface area contributed by atoms with E-state index in [1.807, 2.05) is 41.5 Å². The number of carbonyl (C=O) groups excluding carboxylic acids is 11. The molecule has 0 spiro atoms. The van der Waals surface area contributed by atoms with Crippen LogP contribution in [0.1, 0.15) is 162 Å². The van der Waals surface area contributed by atoms with E-state index in [0.717, 1.165) is 14.7 Å². The van der Waals surface area contributed by atoms with Crippen LogP contribution in [0.3, 0.4) is 0 Å². The predicted octanol–water partition coefficient (Wildman–Crippen LogP) is 3.32. The van der Waals surface area contributed by atoms with E-state index in [-0.39, 0.29) is 56.5 Å². The molecule has 0 unspecified atom stereocenters. The Morgan fingerprint density at radius 2 is 1.02 bits per heavy atom.